The van der Waals surface area contributed by atoms with E-state index in [-0.39, 0.29) is 28.4 Å². The molecule has 4 rings (SSSR count). The summed E-state index contributed by atoms with van der Waals surface area (Å²) in [5, 5.41) is 0. The van der Waals surface area contributed by atoms with Gasteiger partial charge in [0.2, 0.25) is 10.0 Å². The maximum Gasteiger partial charge on any atom is 0.241 e. The number of anilines is 1. The highest BCUT2D eigenvalue weighted by atomic mass is 32.2. The Labute approximate surface area is 180 Å². The van der Waals surface area contributed by atoms with Crippen LogP contribution in [0.25, 0.3) is 22.4 Å². The van der Waals surface area contributed by atoms with Crippen LogP contribution in [0.3, 0.4) is 0 Å². The average molecular weight is 442 g/mol. The molecule has 9 heteroatoms. The molecule has 0 radical (unpaired) electrons. The first-order chi connectivity index (χ1) is 14.8. The fourth-order valence-corrected chi connectivity index (χ4v) is 5.36. The van der Waals surface area contributed by atoms with Gasteiger partial charge in [-0.1, -0.05) is 24.3 Å². The molecule has 0 bridgehead atoms. The summed E-state index contributed by atoms with van der Waals surface area (Å²) in [5.41, 5.74) is 12.9. The molecule has 0 spiro atoms. The van der Waals surface area contributed by atoms with Gasteiger partial charge in [-0.2, -0.15) is 0 Å². The number of benzene rings is 2. The summed E-state index contributed by atoms with van der Waals surface area (Å²) < 4.78 is 43.9. The fraction of sp³-hybridized carbons (Fsp3) is 0.273. The van der Waals surface area contributed by atoms with E-state index < -0.39 is 15.8 Å². The van der Waals surface area contributed by atoms with Gasteiger partial charge in [0, 0.05) is 23.2 Å². The predicted molar refractivity (Wildman–Crippen MR) is 118 cm³/mol. The van der Waals surface area contributed by atoms with Gasteiger partial charge in [0.15, 0.2) is 0 Å². The molecule has 0 unspecified atom stereocenters. The smallest absolute Gasteiger partial charge is 0.241 e. The number of nitrogen functional groups attached to an aromatic ring is 1. The molecule has 1 aliphatic carbocycles. The Morgan fingerprint density at radius 2 is 1.71 bits per heavy atom. The van der Waals surface area contributed by atoms with Gasteiger partial charge in [-0.05, 0) is 49.4 Å². The van der Waals surface area contributed by atoms with Crippen molar-refractivity contribution in [2.75, 3.05) is 5.73 Å². The van der Waals surface area contributed by atoms with Crippen LogP contribution in [0.15, 0.2) is 59.8 Å². The lowest BCUT2D eigenvalue weighted by Gasteiger charge is -2.27. The Morgan fingerprint density at radius 3 is 2.39 bits per heavy atom. The first kappa shape index (κ1) is 21.4. The van der Waals surface area contributed by atoms with E-state index in [1.165, 1.54) is 24.5 Å². The second-order valence-electron chi connectivity index (χ2n) is 7.75. The van der Waals surface area contributed by atoms with Crippen molar-refractivity contribution in [1.29, 1.82) is 0 Å². The number of hydrogen-bond donors (Lipinski definition) is 3. The number of halogens is 1. The molecule has 7 nitrogen and oxygen atoms in total. The zero-order valence-corrected chi connectivity index (χ0v) is 17.6. The highest BCUT2D eigenvalue weighted by molar-refractivity contribution is 7.89. The third-order valence-electron chi connectivity index (χ3n) is 5.50. The number of aromatic nitrogens is 2. The fourth-order valence-electron chi connectivity index (χ4n) is 3.83. The number of rotatable bonds is 5. The van der Waals surface area contributed by atoms with Crippen molar-refractivity contribution in [3.8, 4) is 22.4 Å². The van der Waals surface area contributed by atoms with Crippen LogP contribution in [0, 0.1) is 5.82 Å². The van der Waals surface area contributed by atoms with Crippen molar-refractivity contribution in [1.82, 2.24) is 14.7 Å². The average Bonchev–Trinajstić information content (AvgIpc) is 2.76. The highest BCUT2D eigenvalue weighted by Crippen LogP contribution is 2.31. The largest absolute Gasteiger partial charge is 0.382 e. The normalized spacial score (nSPS) is 19.3. The summed E-state index contributed by atoms with van der Waals surface area (Å²) in [6.07, 6.45) is 5.73. The van der Waals surface area contributed by atoms with Crippen LogP contribution >= 0.6 is 0 Å². The molecule has 3 aromatic rings. The summed E-state index contributed by atoms with van der Waals surface area (Å²) in [4.78, 5) is 8.15. The van der Waals surface area contributed by atoms with E-state index >= 15 is 0 Å². The van der Waals surface area contributed by atoms with Gasteiger partial charge < -0.3 is 11.5 Å². The number of nitrogens with one attached hydrogen (secondary N) is 1. The molecular weight excluding hydrogens is 417 g/mol. The molecule has 0 aliphatic heterocycles. The van der Waals surface area contributed by atoms with E-state index in [4.69, 9.17) is 11.5 Å². The van der Waals surface area contributed by atoms with Crippen LogP contribution < -0.4 is 16.2 Å². The quantitative estimate of drug-likeness (QED) is 0.559. The topological polar surface area (TPSA) is 124 Å². The van der Waals surface area contributed by atoms with Crippen LogP contribution in [0.2, 0.25) is 0 Å². The van der Waals surface area contributed by atoms with Crippen LogP contribution in [-0.2, 0) is 10.0 Å². The SMILES string of the molecule is Nc1cnc(-c2ccc(-c3ccccc3S(=O)(=O)NC3CCC(N)CC3)cc2F)cn1. The summed E-state index contributed by atoms with van der Waals surface area (Å²) in [5.74, 6) is -0.287. The van der Waals surface area contributed by atoms with Gasteiger partial charge >= 0.3 is 0 Å². The molecule has 162 valence electrons. The van der Waals surface area contributed by atoms with Crippen LogP contribution in [0.4, 0.5) is 10.2 Å². The van der Waals surface area contributed by atoms with Crippen molar-refractivity contribution >= 4 is 15.8 Å². The van der Waals surface area contributed by atoms with Crippen molar-refractivity contribution in [3.05, 3.63) is 60.7 Å². The minimum Gasteiger partial charge on any atom is -0.382 e. The Hall–Kier alpha value is -2.88. The van der Waals surface area contributed by atoms with E-state index in [2.05, 4.69) is 14.7 Å². The minimum absolute atomic E-state index is 0.115. The Balaban J connectivity index is 1.65. The molecule has 1 aliphatic rings. The van der Waals surface area contributed by atoms with Gasteiger partial charge in [0.1, 0.15) is 11.6 Å². The van der Waals surface area contributed by atoms with Crippen molar-refractivity contribution in [2.45, 2.75) is 42.7 Å². The van der Waals surface area contributed by atoms with Crippen molar-refractivity contribution in [2.24, 2.45) is 5.73 Å². The third kappa shape index (κ3) is 4.73. The summed E-state index contributed by atoms with van der Waals surface area (Å²) in [6, 6.07) is 11.1. The van der Waals surface area contributed by atoms with Crippen molar-refractivity contribution in [3.63, 3.8) is 0 Å². The molecular formula is C22H24FN5O2S. The lowest BCUT2D eigenvalue weighted by atomic mass is 9.93. The van der Waals surface area contributed by atoms with Gasteiger partial charge in [0.05, 0.1) is 23.0 Å². The van der Waals surface area contributed by atoms with Crippen molar-refractivity contribution < 1.29 is 12.8 Å². The molecule has 2 aromatic carbocycles. The predicted octanol–water partition coefficient (Wildman–Crippen LogP) is 3.08. The molecule has 5 N–H and O–H groups in total. The van der Waals surface area contributed by atoms with Gasteiger partial charge in [0.25, 0.3) is 0 Å². The van der Waals surface area contributed by atoms with E-state index in [0.717, 1.165) is 12.8 Å². The lowest BCUT2D eigenvalue weighted by Crippen LogP contribution is -2.40. The molecule has 1 aromatic heterocycles. The van der Waals surface area contributed by atoms with E-state index in [0.29, 0.717) is 29.7 Å². The zero-order chi connectivity index (χ0) is 22.0. The zero-order valence-electron chi connectivity index (χ0n) is 16.8. The van der Waals surface area contributed by atoms with Gasteiger partial charge in [-0.25, -0.2) is 22.5 Å². The summed E-state index contributed by atoms with van der Waals surface area (Å²) >= 11 is 0. The van der Waals surface area contributed by atoms with Gasteiger partial charge in [-0.15, -0.1) is 0 Å². The second kappa shape index (κ2) is 8.70. The van der Waals surface area contributed by atoms with E-state index in [9.17, 15) is 12.8 Å². The molecule has 1 saturated carbocycles. The number of nitrogens with zero attached hydrogens (tertiary/aromatic N) is 2. The highest BCUT2D eigenvalue weighted by Gasteiger charge is 2.26. The monoisotopic (exact) mass is 441 g/mol. The molecule has 0 saturated heterocycles. The molecule has 31 heavy (non-hydrogen) atoms. The maximum atomic E-state index is 14.9. The van der Waals surface area contributed by atoms with Crippen LogP contribution in [-0.4, -0.2) is 30.5 Å². The Morgan fingerprint density at radius 1 is 0.968 bits per heavy atom. The van der Waals surface area contributed by atoms with Gasteiger partial charge in [-0.3, -0.25) is 4.98 Å². The molecule has 0 amide bonds. The minimum atomic E-state index is -3.79. The first-order valence-corrected chi connectivity index (χ1v) is 11.6. The van der Waals surface area contributed by atoms with Crippen LogP contribution in [0.1, 0.15) is 25.7 Å². The number of sulfonamides is 1. The molecule has 1 heterocycles. The van der Waals surface area contributed by atoms with Crippen LogP contribution in [0.5, 0.6) is 0 Å². The summed E-state index contributed by atoms with van der Waals surface area (Å²) in [7, 11) is -3.79. The number of nitrogens with two attached hydrogens (primary N) is 2. The standard InChI is InChI=1S/C22H24FN5O2S/c23-19-11-14(5-10-18(19)20-12-27-22(25)13-26-20)17-3-1-2-4-21(17)31(29,30)28-16-8-6-15(24)7-9-16/h1-5,10-13,15-16,28H,6-9,24H2,(H2,25,27). The molecule has 0 atom stereocenters. The summed E-state index contributed by atoms with van der Waals surface area (Å²) in [6.45, 7) is 0. The van der Waals surface area contributed by atoms with E-state index in [1.54, 1.807) is 30.3 Å². The molecule has 1 fully saturated rings. The number of hydrogen-bond acceptors (Lipinski definition) is 6. The maximum absolute atomic E-state index is 14.9. The lowest BCUT2D eigenvalue weighted by molar-refractivity contribution is 0.373. The Bertz CT molecular complexity index is 1180. The third-order valence-corrected chi connectivity index (χ3v) is 7.08. The second-order valence-corrected chi connectivity index (χ2v) is 9.43. The van der Waals surface area contributed by atoms with E-state index in [1.807, 2.05) is 0 Å². The first-order valence-electron chi connectivity index (χ1n) is 10.1. The Kier molecular flexibility index (Phi) is 5.99.